The molecule has 6 aromatic carbocycles. The molecule has 4 heteroatoms. The van der Waals surface area contributed by atoms with Crippen LogP contribution in [0, 0.1) is 0 Å². The molecule has 0 bridgehead atoms. The second-order valence-electron chi connectivity index (χ2n) is 7.36. The Morgan fingerprint density at radius 3 is 0.703 bits per heavy atom. The van der Waals surface area contributed by atoms with Crippen LogP contribution in [0.2, 0.25) is 0 Å². The molecular weight excluding hydrogens is 617 g/mol. The van der Waals surface area contributed by atoms with Crippen LogP contribution < -0.4 is 15.9 Å². The molecule has 0 unspecified atom stereocenters. The van der Waals surface area contributed by atoms with Crippen molar-refractivity contribution < 1.29 is 55.7 Å². The van der Waals surface area contributed by atoms with Gasteiger partial charge < -0.3 is 0 Å². The van der Waals surface area contributed by atoms with Crippen molar-refractivity contribution in [1.29, 1.82) is 0 Å². The number of hydrogen-bond donors (Lipinski definition) is 0. The Balaban J connectivity index is 0.000000589. The van der Waals surface area contributed by atoms with Gasteiger partial charge in [0.2, 0.25) is 0 Å². The van der Waals surface area contributed by atoms with E-state index >= 15 is 0 Å². The van der Waals surface area contributed by atoms with E-state index in [0.29, 0.717) is 0 Å². The van der Waals surface area contributed by atoms with E-state index in [2.05, 4.69) is 91.0 Å². The molecule has 0 aliphatic carbocycles. The molecule has 0 aliphatic heterocycles. The maximum absolute atomic E-state index is 2.24. The largest absolute Gasteiger partial charge is 0.214 e. The average Bonchev–Trinajstić information content (AvgIpc) is 3.74. The molecule has 1 radical (unpaired) electrons. The van der Waals surface area contributed by atoms with Crippen molar-refractivity contribution in [3.05, 3.63) is 182 Å². The number of rotatable bonds is 3. The summed E-state index contributed by atoms with van der Waals surface area (Å²) in [7, 11) is -0.877. The Labute approximate surface area is 259 Å². The van der Waals surface area contributed by atoms with Gasteiger partial charge in [0.05, 0.1) is 7.92 Å². The fourth-order valence-corrected chi connectivity index (χ4v) is 5.85. The van der Waals surface area contributed by atoms with Gasteiger partial charge in [0, 0.05) is 55.7 Å². The van der Waals surface area contributed by atoms with Crippen LogP contribution in [0.5, 0.6) is 0 Å². The van der Waals surface area contributed by atoms with Gasteiger partial charge in [0.1, 0.15) is 15.9 Å². The van der Waals surface area contributed by atoms with Crippen LogP contribution in [-0.4, -0.2) is 0 Å². The minimum absolute atomic E-state index is 0. The Bertz CT molecular complexity index is 966. The minimum Gasteiger partial charge on any atom is -0.214 e. The summed E-state index contributed by atoms with van der Waals surface area (Å²) in [5.41, 5.74) is 0. The molecule has 0 N–H and O–H groups in total. The number of hydrogen-bond acceptors (Lipinski definition) is 0. The van der Waals surface area contributed by atoms with Crippen molar-refractivity contribution in [2.45, 2.75) is 0 Å². The Kier molecular flexibility index (Phi) is 21.7. The zero-order valence-electron chi connectivity index (χ0n) is 21.1. The van der Waals surface area contributed by atoms with Crippen molar-refractivity contribution >= 4 is 23.8 Å². The smallest absolute Gasteiger partial charge is 0.102 e. The van der Waals surface area contributed by atoms with Crippen molar-refractivity contribution in [2.24, 2.45) is 0 Å². The van der Waals surface area contributed by atoms with Gasteiger partial charge in [-0.3, -0.25) is 0 Å². The predicted molar refractivity (Wildman–Crippen MR) is 153 cm³/mol. The van der Waals surface area contributed by atoms with Crippen LogP contribution in [0.4, 0.5) is 0 Å². The van der Waals surface area contributed by atoms with Gasteiger partial charge in [0.25, 0.3) is 0 Å². The van der Waals surface area contributed by atoms with Gasteiger partial charge in [0.15, 0.2) is 0 Å². The summed E-state index contributed by atoms with van der Waals surface area (Å²) < 4.78 is 0. The molecule has 0 saturated carbocycles. The fraction of sp³-hybridized carbons (Fsp3) is 0. The Morgan fingerprint density at radius 2 is 0.541 bits per heavy atom. The minimum atomic E-state index is -0.877. The molecule has 183 valence electrons. The third kappa shape index (κ3) is 14.4. The van der Waals surface area contributed by atoms with Crippen molar-refractivity contribution in [3.8, 4) is 0 Å². The van der Waals surface area contributed by atoms with Crippen LogP contribution in [0.25, 0.3) is 0 Å². The molecule has 0 fully saturated rings. The van der Waals surface area contributed by atoms with E-state index in [0.717, 1.165) is 0 Å². The SMILES string of the molecule is [Co].[Zn].[Zn].c1cc[cH-]c1.c1cc[cH-]c1.c1cc[cH-]c1.c1ccc([PH+](c2ccccc2)c2ccccc2)cc1. The van der Waals surface area contributed by atoms with Crippen LogP contribution in [0.3, 0.4) is 0 Å². The predicted octanol–water partition coefficient (Wildman–Crippen LogP) is 7.39. The van der Waals surface area contributed by atoms with Crippen molar-refractivity contribution in [3.63, 3.8) is 0 Å². The first-order valence-electron chi connectivity index (χ1n) is 11.5. The van der Waals surface area contributed by atoms with E-state index in [1.165, 1.54) is 15.9 Å². The summed E-state index contributed by atoms with van der Waals surface area (Å²) in [5.74, 6) is 0. The Hall–Kier alpha value is -2.11. The van der Waals surface area contributed by atoms with E-state index in [4.69, 9.17) is 0 Å². The van der Waals surface area contributed by atoms with Gasteiger partial charge in [-0.2, -0.15) is 54.6 Å². The summed E-state index contributed by atoms with van der Waals surface area (Å²) in [6.45, 7) is 0. The molecule has 37 heavy (non-hydrogen) atoms. The third-order valence-corrected chi connectivity index (χ3v) is 7.59. The summed E-state index contributed by atoms with van der Waals surface area (Å²) in [5, 5.41) is 4.31. The Morgan fingerprint density at radius 1 is 0.324 bits per heavy atom. The normalized spacial score (nSPS) is 8.68. The quantitative estimate of drug-likeness (QED) is 0.107. The van der Waals surface area contributed by atoms with E-state index < -0.39 is 7.92 Å². The molecule has 0 spiro atoms. The summed E-state index contributed by atoms with van der Waals surface area (Å²) in [4.78, 5) is 0. The monoisotopic (exact) mass is 645 g/mol. The summed E-state index contributed by atoms with van der Waals surface area (Å²) >= 11 is 0. The van der Waals surface area contributed by atoms with E-state index in [1.54, 1.807) is 0 Å². The zero-order valence-corrected chi connectivity index (χ0v) is 29.0. The molecule has 0 aliphatic rings. The van der Waals surface area contributed by atoms with Crippen LogP contribution in [-0.2, 0) is 55.7 Å². The average molecular weight is 648 g/mol. The summed E-state index contributed by atoms with van der Waals surface area (Å²) in [6, 6.07) is 62.5. The first kappa shape index (κ1) is 34.9. The molecular formula is C33H31CoPZn2-2. The van der Waals surface area contributed by atoms with Gasteiger partial charge >= 0.3 is 0 Å². The maximum Gasteiger partial charge on any atom is 0.102 e. The maximum atomic E-state index is 2.24. The van der Waals surface area contributed by atoms with Gasteiger partial charge in [-0.05, 0) is 36.4 Å². The molecule has 0 amide bonds. The topological polar surface area (TPSA) is 0 Å². The molecule has 6 aromatic rings. The van der Waals surface area contributed by atoms with E-state index in [-0.39, 0.29) is 55.7 Å². The van der Waals surface area contributed by atoms with Crippen molar-refractivity contribution in [1.82, 2.24) is 0 Å². The van der Waals surface area contributed by atoms with Gasteiger partial charge in [-0.15, -0.1) is 0 Å². The first-order valence-corrected chi connectivity index (χ1v) is 13.0. The first-order chi connectivity index (χ1) is 16.9. The van der Waals surface area contributed by atoms with Crippen LogP contribution in [0.1, 0.15) is 0 Å². The summed E-state index contributed by atoms with van der Waals surface area (Å²) in [6.07, 6.45) is 0. The second-order valence-corrected chi connectivity index (χ2v) is 9.84. The zero-order chi connectivity index (χ0) is 23.5. The van der Waals surface area contributed by atoms with Gasteiger partial charge in [-0.25, -0.2) is 36.4 Å². The molecule has 0 atom stereocenters. The van der Waals surface area contributed by atoms with Crippen LogP contribution >= 0.6 is 7.92 Å². The van der Waals surface area contributed by atoms with Gasteiger partial charge in [-0.1, -0.05) is 54.6 Å². The van der Waals surface area contributed by atoms with Crippen LogP contribution in [0.15, 0.2) is 182 Å². The molecule has 0 saturated heterocycles. The van der Waals surface area contributed by atoms with E-state index in [9.17, 15) is 0 Å². The van der Waals surface area contributed by atoms with Crippen molar-refractivity contribution in [2.75, 3.05) is 0 Å². The third-order valence-electron chi connectivity index (χ3n) is 4.85. The molecule has 0 aromatic heterocycles. The van der Waals surface area contributed by atoms with E-state index in [1.807, 2.05) is 91.0 Å². The second kappa shape index (κ2) is 23.0. The molecule has 6 rings (SSSR count). The molecule has 0 heterocycles. The standard InChI is InChI=1S/C18H15P.3C5H5.Co.2Zn/c1-4-10-16(11-5-1)19(17-12-6-2-7-13-17)18-14-8-3-9-15-18;3*1-2-4-5-3-1;;;/h1-15H;3*1-5H;;;/q;3*-1;;;/p+1. The fourth-order valence-electron chi connectivity index (χ4n) is 3.28. The molecule has 0 nitrogen and oxygen atoms in total. The number of benzene rings is 3.